The number of methoxy groups -OCH3 is 1. The van der Waals surface area contributed by atoms with E-state index in [4.69, 9.17) is 0 Å². The molecular formula is C11H12N2O3S. The maximum atomic E-state index is 11.9. The van der Waals surface area contributed by atoms with Crippen LogP contribution in [0, 0.1) is 13.8 Å². The molecule has 0 unspecified atom stereocenters. The third-order valence-electron chi connectivity index (χ3n) is 2.63. The Hall–Kier alpha value is -1.69. The molecule has 6 heteroatoms. The average Bonchev–Trinajstić information content (AvgIpc) is 2.54. The van der Waals surface area contributed by atoms with Crippen molar-refractivity contribution in [3.05, 3.63) is 26.6 Å². The van der Waals surface area contributed by atoms with E-state index in [1.54, 1.807) is 0 Å². The van der Waals surface area contributed by atoms with Crippen LogP contribution in [0.4, 0.5) is 0 Å². The standard InChI is InChI=1S/C11H12N2O3S/c1-5-6(2)17-11-9(5)10(15)12-7(13-11)4-8(14)16-3/h4H2,1-3H3,(H,12,13,15). The minimum absolute atomic E-state index is 0.0162. The molecule has 17 heavy (non-hydrogen) atoms. The van der Waals surface area contributed by atoms with Crippen LogP contribution in [0.25, 0.3) is 10.2 Å². The first-order valence-corrected chi connectivity index (χ1v) is 5.90. The Kier molecular flexibility index (Phi) is 2.97. The van der Waals surface area contributed by atoms with Crippen LogP contribution in [0.15, 0.2) is 4.79 Å². The summed E-state index contributed by atoms with van der Waals surface area (Å²) in [5, 5.41) is 0.612. The van der Waals surface area contributed by atoms with Gasteiger partial charge in [0.05, 0.1) is 12.5 Å². The molecule has 0 aromatic carbocycles. The van der Waals surface area contributed by atoms with Gasteiger partial charge >= 0.3 is 5.97 Å². The fraction of sp³-hybridized carbons (Fsp3) is 0.364. The van der Waals surface area contributed by atoms with Crippen molar-refractivity contribution in [1.29, 1.82) is 0 Å². The van der Waals surface area contributed by atoms with Crippen LogP contribution in [0.2, 0.25) is 0 Å². The van der Waals surface area contributed by atoms with Crippen LogP contribution in [0.3, 0.4) is 0 Å². The first-order chi connectivity index (χ1) is 8.02. The van der Waals surface area contributed by atoms with Crippen molar-refractivity contribution in [3.8, 4) is 0 Å². The normalized spacial score (nSPS) is 10.8. The number of carbonyl (C=O) groups is 1. The van der Waals surface area contributed by atoms with E-state index in [1.807, 2.05) is 13.8 Å². The van der Waals surface area contributed by atoms with E-state index in [1.165, 1.54) is 18.4 Å². The number of carbonyl (C=O) groups excluding carboxylic acids is 1. The number of fused-ring (bicyclic) bond motifs is 1. The van der Waals surface area contributed by atoms with Gasteiger partial charge in [-0.2, -0.15) is 0 Å². The molecule has 0 aliphatic heterocycles. The average molecular weight is 252 g/mol. The lowest BCUT2D eigenvalue weighted by Gasteiger charge is -1.99. The number of nitrogens with zero attached hydrogens (tertiary/aromatic N) is 1. The molecular weight excluding hydrogens is 240 g/mol. The van der Waals surface area contributed by atoms with Crippen LogP contribution in [-0.2, 0) is 16.0 Å². The van der Waals surface area contributed by atoms with Gasteiger partial charge in [-0.15, -0.1) is 11.3 Å². The van der Waals surface area contributed by atoms with Gasteiger partial charge in [-0.3, -0.25) is 9.59 Å². The Labute approximate surface area is 101 Å². The zero-order valence-electron chi connectivity index (χ0n) is 9.79. The van der Waals surface area contributed by atoms with Gasteiger partial charge in [-0.05, 0) is 19.4 Å². The number of esters is 1. The summed E-state index contributed by atoms with van der Waals surface area (Å²) in [6, 6.07) is 0. The molecule has 0 bridgehead atoms. The van der Waals surface area contributed by atoms with Gasteiger partial charge in [0.25, 0.3) is 5.56 Å². The van der Waals surface area contributed by atoms with Gasteiger partial charge in [0.2, 0.25) is 0 Å². The van der Waals surface area contributed by atoms with Crippen molar-refractivity contribution >= 4 is 27.5 Å². The van der Waals surface area contributed by atoms with Crippen molar-refractivity contribution in [2.45, 2.75) is 20.3 Å². The number of hydrogen-bond donors (Lipinski definition) is 1. The zero-order valence-corrected chi connectivity index (χ0v) is 10.6. The Balaban J connectivity index is 2.56. The molecule has 0 aliphatic carbocycles. The smallest absolute Gasteiger partial charge is 0.313 e. The lowest BCUT2D eigenvalue weighted by molar-refractivity contribution is -0.139. The predicted molar refractivity (Wildman–Crippen MR) is 65.4 cm³/mol. The summed E-state index contributed by atoms with van der Waals surface area (Å²) in [5.41, 5.74) is 0.749. The summed E-state index contributed by atoms with van der Waals surface area (Å²) in [4.78, 5) is 31.6. The fourth-order valence-corrected chi connectivity index (χ4v) is 2.64. The molecule has 90 valence electrons. The number of hydrogen-bond acceptors (Lipinski definition) is 5. The minimum atomic E-state index is -0.419. The lowest BCUT2D eigenvalue weighted by Crippen LogP contribution is -2.15. The Morgan fingerprint density at radius 1 is 1.47 bits per heavy atom. The monoisotopic (exact) mass is 252 g/mol. The molecule has 0 spiro atoms. The second-order valence-electron chi connectivity index (χ2n) is 3.73. The van der Waals surface area contributed by atoms with Gasteiger partial charge in [-0.25, -0.2) is 4.98 Å². The first kappa shape index (κ1) is 11.8. The van der Waals surface area contributed by atoms with Gasteiger partial charge in [-0.1, -0.05) is 0 Å². The molecule has 2 aromatic rings. The quantitative estimate of drug-likeness (QED) is 0.818. The van der Waals surface area contributed by atoms with Crippen LogP contribution in [-0.4, -0.2) is 23.0 Å². The van der Waals surface area contributed by atoms with Gasteiger partial charge in [0, 0.05) is 4.88 Å². The maximum Gasteiger partial charge on any atom is 0.313 e. The minimum Gasteiger partial charge on any atom is -0.469 e. The molecule has 1 N–H and O–H groups in total. The largest absolute Gasteiger partial charge is 0.469 e. The molecule has 0 fully saturated rings. The molecule has 0 amide bonds. The van der Waals surface area contributed by atoms with Crippen molar-refractivity contribution in [2.75, 3.05) is 7.11 Å². The van der Waals surface area contributed by atoms with E-state index in [9.17, 15) is 9.59 Å². The van der Waals surface area contributed by atoms with E-state index in [2.05, 4.69) is 14.7 Å². The summed E-state index contributed by atoms with van der Waals surface area (Å²) in [5.74, 6) is -0.0758. The van der Waals surface area contributed by atoms with Crippen molar-refractivity contribution < 1.29 is 9.53 Å². The predicted octanol–water partition coefficient (Wildman–Crippen LogP) is 1.32. The highest BCUT2D eigenvalue weighted by atomic mass is 32.1. The van der Waals surface area contributed by atoms with E-state index >= 15 is 0 Å². The second-order valence-corrected chi connectivity index (χ2v) is 4.93. The Bertz CT molecular complexity index is 642. The molecule has 2 rings (SSSR count). The molecule has 2 aromatic heterocycles. The van der Waals surface area contributed by atoms with Crippen LogP contribution in [0.1, 0.15) is 16.3 Å². The van der Waals surface area contributed by atoms with Crippen molar-refractivity contribution in [3.63, 3.8) is 0 Å². The van der Waals surface area contributed by atoms with Gasteiger partial charge in [0.1, 0.15) is 17.1 Å². The number of nitrogens with one attached hydrogen (secondary N) is 1. The number of ether oxygens (including phenoxy) is 1. The summed E-state index contributed by atoms with van der Waals surface area (Å²) >= 11 is 1.46. The third kappa shape index (κ3) is 2.08. The summed E-state index contributed by atoms with van der Waals surface area (Å²) in [6.45, 7) is 3.84. The Morgan fingerprint density at radius 2 is 2.18 bits per heavy atom. The van der Waals surface area contributed by atoms with E-state index < -0.39 is 5.97 Å². The van der Waals surface area contributed by atoms with Gasteiger partial charge < -0.3 is 9.72 Å². The van der Waals surface area contributed by atoms with Gasteiger partial charge in [0.15, 0.2) is 0 Å². The highest BCUT2D eigenvalue weighted by molar-refractivity contribution is 7.18. The van der Waals surface area contributed by atoms with Crippen LogP contribution >= 0.6 is 11.3 Å². The molecule has 5 nitrogen and oxygen atoms in total. The highest BCUT2D eigenvalue weighted by Gasteiger charge is 2.13. The Morgan fingerprint density at radius 3 is 2.82 bits per heavy atom. The SMILES string of the molecule is COC(=O)Cc1nc2sc(C)c(C)c2c(=O)[nH]1. The summed E-state index contributed by atoms with van der Waals surface area (Å²) < 4.78 is 4.54. The second kappa shape index (κ2) is 4.29. The molecule has 0 saturated heterocycles. The molecule has 0 saturated carbocycles. The molecule has 0 aliphatic rings. The fourth-order valence-electron chi connectivity index (χ4n) is 1.59. The van der Waals surface area contributed by atoms with E-state index in [-0.39, 0.29) is 12.0 Å². The number of thiophene rings is 1. The lowest BCUT2D eigenvalue weighted by atomic mass is 10.2. The topological polar surface area (TPSA) is 72.0 Å². The van der Waals surface area contributed by atoms with Crippen LogP contribution < -0.4 is 5.56 Å². The number of aryl methyl sites for hydroxylation is 2. The number of aromatic nitrogens is 2. The summed E-state index contributed by atoms with van der Waals surface area (Å²) in [6.07, 6.45) is -0.0162. The molecule has 0 radical (unpaired) electrons. The zero-order chi connectivity index (χ0) is 12.6. The van der Waals surface area contributed by atoms with Crippen molar-refractivity contribution in [1.82, 2.24) is 9.97 Å². The first-order valence-electron chi connectivity index (χ1n) is 5.08. The van der Waals surface area contributed by atoms with E-state index in [0.29, 0.717) is 16.0 Å². The highest BCUT2D eigenvalue weighted by Crippen LogP contribution is 2.25. The number of aromatic amines is 1. The van der Waals surface area contributed by atoms with E-state index in [0.717, 1.165) is 10.4 Å². The third-order valence-corrected chi connectivity index (χ3v) is 3.73. The van der Waals surface area contributed by atoms with Crippen LogP contribution in [0.5, 0.6) is 0 Å². The number of H-pyrrole nitrogens is 1. The maximum absolute atomic E-state index is 11.9. The van der Waals surface area contributed by atoms with Crippen molar-refractivity contribution in [2.24, 2.45) is 0 Å². The molecule has 2 heterocycles. The number of rotatable bonds is 2. The summed E-state index contributed by atoms with van der Waals surface area (Å²) in [7, 11) is 1.30. The molecule has 0 atom stereocenters.